The molecule has 1 aromatic carbocycles. The van der Waals surface area contributed by atoms with Gasteiger partial charge in [0, 0.05) is 10.7 Å². The molecule has 0 aliphatic rings. The number of hydrogen-bond acceptors (Lipinski definition) is 4. The summed E-state index contributed by atoms with van der Waals surface area (Å²) in [6, 6.07) is 8.42. The molecule has 2 aromatic heterocycles. The Morgan fingerprint density at radius 1 is 1.26 bits per heavy atom. The molecule has 0 fully saturated rings. The maximum absolute atomic E-state index is 12.4. The van der Waals surface area contributed by atoms with Gasteiger partial charge < -0.3 is 5.32 Å². The Morgan fingerprint density at radius 3 is 2.83 bits per heavy atom. The van der Waals surface area contributed by atoms with Crippen LogP contribution in [-0.2, 0) is 11.3 Å². The molecule has 0 atom stereocenters. The van der Waals surface area contributed by atoms with Crippen molar-refractivity contribution in [1.82, 2.24) is 14.5 Å². The first-order valence-electron chi connectivity index (χ1n) is 6.59. The molecule has 0 radical (unpaired) electrons. The van der Waals surface area contributed by atoms with Crippen LogP contribution in [0.4, 0.5) is 5.82 Å². The molecule has 3 rings (SSSR count). The van der Waals surface area contributed by atoms with Gasteiger partial charge in [0.1, 0.15) is 12.4 Å². The zero-order valence-corrected chi connectivity index (χ0v) is 14.0. The van der Waals surface area contributed by atoms with E-state index in [9.17, 15) is 9.59 Å². The third-order valence-corrected chi connectivity index (χ3v) is 3.81. The van der Waals surface area contributed by atoms with Crippen molar-refractivity contribution in [2.75, 3.05) is 5.32 Å². The van der Waals surface area contributed by atoms with Crippen LogP contribution in [0.5, 0.6) is 0 Å². The fourth-order valence-corrected chi connectivity index (χ4v) is 2.50. The highest BCUT2D eigenvalue weighted by Crippen LogP contribution is 2.15. The predicted octanol–water partition coefficient (Wildman–Crippen LogP) is 2.85. The number of amides is 1. The molecule has 116 valence electrons. The molecule has 0 saturated carbocycles. The first-order valence-corrected chi connectivity index (χ1v) is 7.76. The molecule has 1 N–H and O–H groups in total. The van der Waals surface area contributed by atoms with Gasteiger partial charge in [-0.05, 0) is 30.3 Å². The Kier molecular flexibility index (Phi) is 4.40. The Labute approximate surface area is 144 Å². The Bertz CT molecular complexity index is 940. The molecule has 0 aliphatic carbocycles. The van der Waals surface area contributed by atoms with Crippen molar-refractivity contribution >= 4 is 50.2 Å². The number of nitrogens with zero attached hydrogens (tertiary/aromatic N) is 3. The highest BCUT2D eigenvalue weighted by Gasteiger charge is 2.09. The number of nitrogens with one attached hydrogen (secondary N) is 1. The first kappa shape index (κ1) is 15.6. The number of hydrogen-bond donors (Lipinski definition) is 1. The normalized spacial score (nSPS) is 10.7. The minimum atomic E-state index is -0.377. The summed E-state index contributed by atoms with van der Waals surface area (Å²) in [5, 5.41) is 3.52. The van der Waals surface area contributed by atoms with Crippen molar-refractivity contribution in [3.63, 3.8) is 0 Å². The lowest BCUT2D eigenvalue weighted by Gasteiger charge is -2.07. The molecule has 8 heteroatoms. The van der Waals surface area contributed by atoms with E-state index in [4.69, 9.17) is 11.6 Å². The van der Waals surface area contributed by atoms with Gasteiger partial charge in [0.25, 0.3) is 5.56 Å². The average Bonchev–Trinajstić information content (AvgIpc) is 2.53. The topological polar surface area (TPSA) is 76.9 Å². The van der Waals surface area contributed by atoms with E-state index in [2.05, 4.69) is 31.2 Å². The monoisotopic (exact) mass is 392 g/mol. The Morgan fingerprint density at radius 2 is 2.09 bits per heavy atom. The highest BCUT2D eigenvalue weighted by molar-refractivity contribution is 9.10. The van der Waals surface area contributed by atoms with Gasteiger partial charge in [-0.25, -0.2) is 9.97 Å². The lowest BCUT2D eigenvalue weighted by molar-refractivity contribution is -0.116. The molecule has 2 heterocycles. The fraction of sp³-hybridized carbons (Fsp3) is 0.0667. The third kappa shape index (κ3) is 3.57. The van der Waals surface area contributed by atoms with Crippen molar-refractivity contribution in [3.8, 4) is 0 Å². The molecular weight excluding hydrogens is 384 g/mol. The van der Waals surface area contributed by atoms with Gasteiger partial charge in [0.15, 0.2) is 0 Å². The molecule has 3 aromatic rings. The number of fused-ring (bicyclic) bond motifs is 1. The number of carbonyl (C=O) groups excluding carboxylic acids is 1. The molecule has 0 aliphatic heterocycles. The van der Waals surface area contributed by atoms with Crippen molar-refractivity contribution in [1.29, 1.82) is 0 Å². The number of aromatic nitrogens is 3. The maximum Gasteiger partial charge on any atom is 0.261 e. The van der Waals surface area contributed by atoms with Crippen LogP contribution in [0, 0.1) is 0 Å². The number of pyridine rings is 1. The minimum absolute atomic E-state index is 0.154. The maximum atomic E-state index is 12.4. The quantitative estimate of drug-likeness (QED) is 0.742. The summed E-state index contributed by atoms with van der Waals surface area (Å²) in [4.78, 5) is 32.6. The van der Waals surface area contributed by atoms with E-state index < -0.39 is 0 Å². The van der Waals surface area contributed by atoms with Crippen LogP contribution in [0.15, 0.2) is 52.1 Å². The van der Waals surface area contributed by atoms with Crippen molar-refractivity contribution in [3.05, 3.63) is 62.7 Å². The van der Waals surface area contributed by atoms with Gasteiger partial charge in [-0.3, -0.25) is 14.2 Å². The molecule has 0 bridgehead atoms. The standard InChI is InChI=1S/C15H10BrClN4O2/c16-9-1-3-12-11(5-9)15(23)21(8-19-12)7-14(22)20-13-4-2-10(17)6-18-13/h1-6,8H,7H2,(H,18,20,22). The van der Waals surface area contributed by atoms with Crippen LogP contribution in [0.3, 0.4) is 0 Å². The summed E-state index contributed by atoms with van der Waals surface area (Å²) in [7, 11) is 0. The summed E-state index contributed by atoms with van der Waals surface area (Å²) >= 11 is 9.05. The number of halogens is 2. The first-order chi connectivity index (χ1) is 11.0. The largest absolute Gasteiger partial charge is 0.309 e. The predicted molar refractivity (Wildman–Crippen MR) is 91.6 cm³/mol. The van der Waals surface area contributed by atoms with E-state index >= 15 is 0 Å². The Hall–Kier alpha value is -2.25. The van der Waals surface area contributed by atoms with Crippen LogP contribution < -0.4 is 10.9 Å². The van der Waals surface area contributed by atoms with Gasteiger partial charge in [-0.1, -0.05) is 27.5 Å². The second-order valence-electron chi connectivity index (χ2n) is 4.75. The lowest BCUT2D eigenvalue weighted by Crippen LogP contribution is -2.28. The highest BCUT2D eigenvalue weighted by atomic mass is 79.9. The molecule has 23 heavy (non-hydrogen) atoms. The number of benzene rings is 1. The molecule has 6 nitrogen and oxygen atoms in total. The zero-order valence-electron chi connectivity index (χ0n) is 11.7. The van der Waals surface area contributed by atoms with Crippen molar-refractivity contribution < 1.29 is 4.79 Å². The molecule has 0 spiro atoms. The Balaban J connectivity index is 1.83. The van der Waals surface area contributed by atoms with Crippen LogP contribution in [0.1, 0.15) is 0 Å². The SMILES string of the molecule is O=C(Cn1cnc2ccc(Br)cc2c1=O)Nc1ccc(Cl)cn1. The molecule has 0 unspecified atom stereocenters. The lowest BCUT2D eigenvalue weighted by atomic mass is 10.2. The van der Waals surface area contributed by atoms with Crippen LogP contribution in [0.2, 0.25) is 5.02 Å². The van der Waals surface area contributed by atoms with E-state index in [-0.39, 0.29) is 18.0 Å². The zero-order chi connectivity index (χ0) is 16.4. The van der Waals surface area contributed by atoms with E-state index in [1.165, 1.54) is 17.1 Å². The van der Waals surface area contributed by atoms with E-state index in [0.717, 1.165) is 4.47 Å². The van der Waals surface area contributed by atoms with Crippen molar-refractivity contribution in [2.24, 2.45) is 0 Å². The third-order valence-electron chi connectivity index (χ3n) is 3.09. The number of anilines is 1. The van der Waals surface area contributed by atoms with Gasteiger partial charge in [0.2, 0.25) is 5.91 Å². The summed E-state index contributed by atoms with van der Waals surface area (Å²) in [5.74, 6) is -0.0120. The fourth-order valence-electron chi connectivity index (χ4n) is 2.03. The molecular formula is C15H10BrClN4O2. The van der Waals surface area contributed by atoms with E-state index in [0.29, 0.717) is 21.7 Å². The second kappa shape index (κ2) is 6.47. The average molecular weight is 394 g/mol. The van der Waals surface area contributed by atoms with Gasteiger partial charge in [-0.15, -0.1) is 0 Å². The van der Waals surface area contributed by atoms with E-state index in [1.807, 2.05) is 0 Å². The number of rotatable bonds is 3. The van der Waals surface area contributed by atoms with Gasteiger partial charge in [-0.2, -0.15) is 0 Å². The summed E-state index contributed by atoms with van der Waals surface area (Å²) in [6.07, 6.45) is 2.78. The minimum Gasteiger partial charge on any atom is -0.309 e. The van der Waals surface area contributed by atoms with Gasteiger partial charge in [0.05, 0.1) is 22.3 Å². The van der Waals surface area contributed by atoms with Crippen molar-refractivity contribution in [2.45, 2.75) is 6.54 Å². The number of carbonyl (C=O) groups is 1. The second-order valence-corrected chi connectivity index (χ2v) is 6.10. The van der Waals surface area contributed by atoms with Crippen LogP contribution in [0.25, 0.3) is 10.9 Å². The smallest absolute Gasteiger partial charge is 0.261 e. The molecule has 1 amide bonds. The van der Waals surface area contributed by atoms with Crippen LogP contribution >= 0.6 is 27.5 Å². The van der Waals surface area contributed by atoms with E-state index in [1.54, 1.807) is 30.3 Å². The van der Waals surface area contributed by atoms with Crippen LogP contribution in [-0.4, -0.2) is 20.4 Å². The summed E-state index contributed by atoms with van der Waals surface area (Å²) in [5.41, 5.74) is 0.296. The van der Waals surface area contributed by atoms with Gasteiger partial charge >= 0.3 is 0 Å². The molecule has 0 saturated heterocycles. The summed E-state index contributed by atoms with van der Waals surface area (Å²) in [6.45, 7) is -0.154. The summed E-state index contributed by atoms with van der Waals surface area (Å²) < 4.78 is 2.02.